The van der Waals surface area contributed by atoms with Crippen molar-refractivity contribution < 1.29 is 9.53 Å². The minimum Gasteiger partial charge on any atom is -0.493 e. The monoisotopic (exact) mass is 380 g/mol. The molecule has 28 heavy (non-hydrogen) atoms. The first-order chi connectivity index (χ1) is 13.5. The number of hydrogen-bond donors (Lipinski definition) is 2. The van der Waals surface area contributed by atoms with Crippen molar-refractivity contribution in [2.24, 2.45) is 5.92 Å². The number of amides is 1. The lowest BCUT2D eigenvalue weighted by Gasteiger charge is -2.27. The van der Waals surface area contributed by atoms with E-state index in [4.69, 9.17) is 4.74 Å². The van der Waals surface area contributed by atoms with Crippen molar-refractivity contribution in [3.05, 3.63) is 65.7 Å². The molecule has 1 aliphatic heterocycles. The average Bonchev–Trinajstić information content (AvgIpc) is 3.25. The predicted octanol–water partition coefficient (Wildman–Crippen LogP) is 4.43. The summed E-state index contributed by atoms with van der Waals surface area (Å²) in [5.74, 6) is 1.25. The van der Waals surface area contributed by atoms with Crippen LogP contribution in [0, 0.1) is 5.92 Å². The van der Waals surface area contributed by atoms with Gasteiger partial charge in [-0.15, -0.1) is 0 Å². The zero-order chi connectivity index (χ0) is 19.9. The summed E-state index contributed by atoms with van der Waals surface area (Å²) in [5.41, 5.74) is 2.15. The minimum atomic E-state index is -0.182. The Kier molecular flexibility index (Phi) is 7.10. The SMILES string of the molecule is CC(C)COc1ccc([C@@H](NC(=O)[C@@H](C)c2ccccc2)C2CCCN2)cc1. The summed E-state index contributed by atoms with van der Waals surface area (Å²) < 4.78 is 5.80. The standard InChI is InChI=1S/C24H32N2O2/c1-17(2)16-28-21-13-11-20(12-14-21)23(22-10-7-15-25-22)26-24(27)18(3)19-8-5-4-6-9-19/h4-6,8-9,11-14,17-18,22-23,25H,7,10,15-16H2,1-3H3,(H,26,27)/t18-,22?,23+/m0/s1. The van der Waals surface area contributed by atoms with Crippen LogP contribution in [0.5, 0.6) is 5.75 Å². The van der Waals surface area contributed by atoms with Crippen molar-refractivity contribution in [1.82, 2.24) is 10.6 Å². The van der Waals surface area contributed by atoms with Crippen LogP contribution < -0.4 is 15.4 Å². The summed E-state index contributed by atoms with van der Waals surface area (Å²) in [6.45, 7) is 7.95. The highest BCUT2D eigenvalue weighted by Gasteiger charge is 2.29. The largest absolute Gasteiger partial charge is 0.493 e. The normalized spacial score (nSPS) is 18.6. The summed E-state index contributed by atoms with van der Waals surface area (Å²) in [5, 5.41) is 6.85. The number of ether oxygens (including phenoxy) is 1. The van der Waals surface area contributed by atoms with E-state index < -0.39 is 0 Å². The second kappa shape index (κ2) is 9.74. The van der Waals surface area contributed by atoms with E-state index in [9.17, 15) is 4.79 Å². The summed E-state index contributed by atoms with van der Waals surface area (Å²) in [6, 6.07) is 18.3. The molecule has 0 spiro atoms. The van der Waals surface area contributed by atoms with E-state index in [-0.39, 0.29) is 23.9 Å². The van der Waals surface area contributed by atoms with Crippen LogP contribution >= 0.6 is 0 Å². The van der Waals surface area contributed by atoms with Gasteiger partial charge in [-0.05, 0) is 55.5 Å². The molecule has 2 aromatic rings. The Morgan fingerprint density at radius 1 is 1.07 bits per heavy atom. The second-order valence-corrected chi connectivity index (χ2v) is 8.10. The van der Waals surface area contributed by atoms with Gasteiger partial charge in [-0.25, -0.2) is 0 Å². The molecule has 0 aromatic heterocycles. The van der Waals surface area contributed by atoms with Gasteiger partial charge in [-0.1, -0.05) is 56.3 Å². The Balaban J connectivity index is 1.73. The molecule has 0 bridgehead atoms. The van der Waals surface area contributed by atoms with E-state index in [0.29, 0.717) is 12.5 Å². The number of nitrogens with one attached hydrogen (secondary N) is 2. The molecule has 4 heteroatoms. The van der Waals surface area contributed by atoms with Crippen LogP contribution in [0.3, 0.4) is 0 Å². The molecule has 1 amide bonds. The lowest BCUT2D eigenvalue weighted by molar-refractivity contribution is -0.123. The third-order valence-corrected chi connectivity index (χ3v) is 5.31. The molecule has 4 nitrogen and oxygen atoms in total. The fraction of sp³-hybridized carbons (Fsp3) is 0.458. The summed E-state index contributed by atoms with van der Waals surface area (Å²) >= 11 is 0. The highest BCUT2D eigenvalue weighted by Crippen LogP contribution is 2.27. The molecule has 0 saturated carbocycles. The molecule has 1 aliphatic rings. The number of hydrogen-bond acceptors (Lipinski definition) is 3. The fourth-order valence-electron chi connectivity index (χ4n) is 3.62. The molecule has 3 rings (SSSR count). The summed E-state index contributed by atoms with van der Waals surface area (Å²) in [4.78, 5) is 13.0. The van der Waals surface area contributed by atoms with Crippen LogP contribution in [0.25, 0.3) is 0 Å². The Bertz CT molecular complexity index is 737. The molecule has 2 aromatic carbocycles. The maximum atomic E-state index is 13.0. The molecule has 1 heterocycles. The van der Waals surface area contributed by atoms with Gasteiger partial charge in [0.15, 0.2) is 0 Å². The summed E-state index contributed by atoms with van der Waals surface area (Å²) in [6.07, 6.45) is 2.21. The van der Waals surface area contributed by atoms with Crippen LogP contribution in [0.4, 0.5) is 0 Å². The van der Waals surface area contributed by atoms with Gasteiger partial charge in [-0.2, -0.15) is 0 Å². The van der Waals surface area contributed by atoms with Gasteiger partial charge in [0, 0.05) is 6.04 Å². The van der Waals surface area contributed by atoms with E-state index in [1.54, 1.807) is 0 Å². The minimum absolute atomic E-state index is 0.0414. The lowest BCUT2D eigenvalue weighted by Crippen LogP contribution is -2.42. The third-order valence-electron chi connectivity index (χ3n) is 5.31. The van der Waals surface area contributed by atoms with E-state index in [1.165, 1.54) is 0 Å². The highest BCUT2D eigenvalue weighted by atomic mass is 16.5. The van der Waals surface area contributed by atoms with Gasteiger partial charge in [0.05, 0.1) is 18.6 Å². The van der Waals surface area contributed by atoms with Crippen molar-refractivity contribution in [2.75, 3.05) is 13.2 Å². The van der Waals surface area contributed by atoms with Crippen molar-refractivity contribution in [3.8, 4) is 5.75 Å². The van der Waals surface area contributed by atoms with E-state index in [1.807, 2.05) is 49.4 Å². The predicted molar refractivity (Wildman–Crippen MR) is 114 cm³/mol. The zero-order valence-electron chi connectivity index (χ0n) is 17.2. The zero-order valence-corrected chi connectivity index (χ0v) is 17.2. The van der Waals surface area contributed by atoms with Gasteiger partial charge in [-0.3, -0.25) is 4.79 Å². The van der Waals surface area contributed by atoms with Gasteiger partial charge >= 0.3 is 0 Å². The molecule has 2 N–H and O–H groups in total. The number of benzene rings is 2. The van der Waals surface area contributed by atoms with Crippen molar-refractivity contribution in [2.45, 2.75) is 51.6 Å². The Hall–Kier alpha value is -2.33. The van der Waals surface area contributed by atoms with E-state index >= 15 is 0 Å². The molecule has 1 saturated heterocycles. The van der Waals surface area contributed by atoms with Gasteiger partial charge in [0.25, 0.3) is 0 Å². The second-order valence-electron chi connectivity index (χ2n) is 8.10. The van der Waals surface area contributed by atoms with Crippen molar-refractivity contribution in [1.29, 1.82) is 0 Å². The maximum Gasteiger partial charge on any atom is 0.227 e. The van der Waals surface area contributed by atoms with Crippen LogP contribution in [0.15, 0.2) is 54.6 Å². The third kappa shape index (κ3) is 5.35. The number of carbonyl (C=O) groups is 1. The first-order valence-corrected chi connectivity index (χ1v) is 10.4. The molecule has 1 unspecified atom stereocenters. The Morgan fingerprint density at radius 3 is 2.39 bits per heavy atom. The molecule has 3 atom stereocenters. The first kappa shape index (κ1) is 20.4. The molecule has 0 aliphatic carbocycles. The quantitative estimate of drug-likeness (QED) is 0.712. The van der Waals surface area contributed by atoms with Crippen LogP contribution in [-0.4, -0.2) is 25.1 Å². The average molecular weight is 381 g/mol. The van der Waals surface area contributed by atoms with E-state index in [0.717, 1.165) is 36.3 Å². The molecule has 1 fully saturated rings. The van der Waals surface area contributed by atoms with Crippen LogP contribution in [0.2, 0.25) is 0 Å². The number of carbonyl (C=O) groups excluding carboxylic acids is 1. The van der Waals surface area contributed by atoms with Gasteiger partial charge < -0.3 is 15.4 Å². The molecule has 0 radical (unpaired) electrons. The van der Waals surface area contributed by atoms with Crippen molar-refractivity contribution in [3.63, 3.8) is 0 Å². The van der Waals surface area contributed by atoms with Crippen LogP contribution in [0.1, 0.15) is 56.7 Å². The van der Waals surface area contributed by atoms with Crippen LogP contribution in [-0.2, 0) is 4.79 Å². The smallest absolute Gasteiger partial charge is 0.227 e. The Morgan fingerprint density at radius 2 is 1.79 bits per heavy atom. The van der Waals surface area contributed by atoms with E-state index in [2.05, 4.69) is 36.6 Å². The fourth-order valence-corrected chi connectivity index (χ4v) is 3.62. The highest BCUT2D eigenvalue weighted by molar-refractivity contribution is 5.83. The number of rotatable bonds is 8. The Labute approximate surface area is 168 Å². The van der Waals surface area contributed by atoms with Crippen molar-refractivity contribution >= 4 is 5.91 Å². The van der Waals surface area contributed by atoms with Gasteiger partial charge in [0.1, 0.15) is 5.75 Å². The lowest BCUT2D eigenvalue weighted by atomic mass is 9.95. The molecular formula is C24H32N2O2. The first-order valence-electron chi connectivity index (χ1n) is 10.4. The molecular weight excluding hydrogens is 348 g/mol. The summed E-state index contributed by atoms with van der Waals surface area (Å²) in [7, 11) is 0. The topological polar surface area (TPSA) is 50.4 Å². The van der Waals surface area contributed by atoms with Gasteiger partial charge in [0.2, 0.25) is 5.91 Å². The molecule has 150 valence electrons. The maximum absolute atomic E-state index is 13.0.